The highest BCUT2D eigenvalue weighted by Crippen LogP contribution is 2.34. The lowest BCUT2D eigenvalue weighted by Gasteiger charge is -2.36. The third-order valence-electron chi connectivity index (χ3n) is 5.90. The minimum atomic E-state index is -0.494. The average molecular weight is 399 g/mol. The third-order valence-corrected chi connectivity index (χ3v) is 5.90. The van der Waals surface area contributed by atoms with Crippen molar-refractivity contribution in [3.8, 4) is 11.5 Å². The van der Waals surface area contributed by atoms with Crippen LogP contribution in [0.3, 0.4) is 0 Å². The average Bonchev–Trinajstić information content (AvgIpc) is 3.14. The van der Waals surface area contributed by atoms with Crippen molar-refractivity contribution in [3.63, 3.8) is 0 Å². The van der Waals surface area contributed by atoms with Crippen LogP contribution in [-0.2, 0) is 12.0 Å². The van der Waals surface area contributed by atoms with Gasteiger partial charge in [0.25, 0.3) is 0 Å². The molecule has 4 heteroatoms. The lowest BCUT2D eigenvalue weighted by Crippen LogP contribution is -2.50. The van der Waals surface area contributed by atoms with E-state index in [0.29, 0.717) is 6.61 Å². The van der Waals surface area contributed by atoms with Crippen LogP contribution in [0.1, 0.15) is 44.7 Å². The first kappa shape index (κ1) is 21.7. The molecule has 29 heavy (non-hydrogen) atoms. The zero-order chi connectivity index (χ0) is 20.9. The first-order valence-corrected chi connectivity index (χ1v) is 10.7. The van der Waals surface area contributed by atoms with Crippen molar-refractivity contribution in [1.82, 2.24) is 0 Å². The number of aliphatic hydroxyl groups is 1. The Morgan fingerprint density at radius 1 is 1.03 bits per heavy atom. The quantitative estimate of drug-likeness (QED) is 0.664. The molecule has 1 heterocycles. The summed E-state index contributed by atoms with van der Waals surface area (Å²) in [7, 11) is 1.68. The summed E-state index contributed by atoms with van der Waals surface area (Å²) in [5.74, 6) is 1.65. The number of ether oxygens (including phenoxy) is 2. The van der Waals surface area contributed by atoms with Gasteiger partial charge in [0.2, 0.25) is 0 Å². The van der Waals surface area contributed by atoms with E-state index in [-0.39, 0.29) is 5.41 Å². The fraction of sp³-hybridized carbons (Fsp3) is 0.520. The molecule has 0 saturated carbocycles. The van der Waals surface area contributed by atoms with E-state index in [0.717, 1.165) is 47.7 Å². The summed E-state index contributed by atoms with van der Waals surface area (Å²) in [5, 5.41) is 10.8. The van der Waals surface area contributed by atoms with Crippen molar-refractivity contribution in [1.29, 1.82) is 0 Å². The number of likely N-dealkylation sites (tertiary alicyclic amines) is 1. The zero-order valence-corrected chi connectivity index (χ0v) is 18.4. The summed E-state index contributed by atoms with van der Waals surface area (Å²) in [6.07, 6.45) is 1.96. The van der Waals surface area contributed by atoms with E-state index in [2.05, 4.69) is 51.1 Å². The summed E-state index contributed by atoms with van der Waals surface area (Å²) in [6, 6.07) is 16.5. The van der Waals surface area contributed by atoms with Gasteiger partial charge in [0, 0.05) is 24.0 Å². The number of nitrogens with zero attached hydrogens (tertiary/aromatic N) is 1. The maximum absolute atomic E-state index is 10.8. The van der Waals surface area contributed by atoms with Gasteiger partial charge in [-0.05, 0) is 23.6 Å². The Labute approximate surface area is 175 Å². The van der Waals surface area contributed by atoms with E-state index in [4.69, 9.17) is 9.47 Å². The van der Waals surface area contributed by atoms with Crippen molar-refractivity contribution < 1.29 is 19.1 Å². The van der Waals surface area contributed by atoms with Crippen LogP contribution in [0.4, 0.5) is 0 Å². The van der Waals surface area contributed by atoms with Crippen molar-refractivity contribution in [2.45, 2.75) is 51.7 Å². The van der Waals surface area contributed by atoms with E-state index < -0.39 is 6.10 Å². The van der Waals surface area contributed by atoms with Crippen LogP contribution in [0.25, 0.3) is 0 Å². The monoisotopic (exact) mass is 398 g/mol. The predicted octanol–water partition coefficient (Wildman–Crippen LogP) is 4.54. The number of benzene rings is 2. The largest absolute Gasteiger partial charge is 0.497 e. The van der Waals surface area contributed by atoms with E-state index in [1.807, 2.05) is 18.2 Å². The maximum atomic E-state index is 10.8. The molecule has 1 aliphatic rings. The molecule has 0 aliphatic carbocycles. The van der Waals surface area contributed by atoms with Crippen LogP contribution in [0.5, 0.6) is 11.5 Å². The van der Waals surface area contributed by atoms with E-state index in [1.165, 1.54) is 18.4 Å². The van der Waals surface area contributed by atoms with Crippen molar-refractivity contribution in [2.24, 2.45) is 0 Å². The van der Waals surface area contributed by atoms with Crippen LogP contribution >= 0.6 is 0 Å². The number of quaternary nitrogens is 1. The fourth-order valence-electron chi connectivity index (χ4n) is 4.42. The number of methoxy groups -OCH3 is 1. The molecule has 0 bridgehead atoms. The Morgan fingerprint density at radius 2 is 1.72 bits per heavy atom. The Hall–Kier alpha value is -2.04. The molecule has 1 fully saturated rings. The predicted molar refractivity (Wildman–Crippen MR) is 117 cm³/mol. The van der Waals surface area contributed by atoms with Crippen LogP contribution in [0.2, 0.25) is 0 Å². The molecule has 2 aromatic rings. The van der Waals surface area contributed by atoms with E-state index in [9.17, 15) is 5.11 Å². The van der Waals surface area contributed by atoms with Crippen LogP contribution in [0, 0.1) is 0 Å². The molecule has 0 radical (unpaired) electrons. The molecule has 1 N–H and O–H groups in total. The van der Waals surface area contributed by atoms with Gasteiger partial charge >= 0.3 is 0 Å². The molecule has 1 unspecified atom stereocenters. The third kappa shape index (κ3) is 5.74. The highest BCUT2D eigenvalue weighted by Gasteiger charge is 2.34. The smallest absolute Gasteiger partial charge is 0.137 e. The summed E-state index contributed by atoms with van der Waals surface area (Å²) in [5.41, 5.74) is 2.37. The van der Waals surface area contributed by atoms with Crippen LogP contribution in [0.15, 0.2) is 48.5 Å². The molecule has 0 amide bonds. The van der Waals surface area contributed by atoms with Gasteiger partial charge in [0.05, 0.1) is 20.2 Å². The van der Waals surface area contributed by atoms with Gasteiger partial charge in [-0.1, -0.05) is 51.1 Å². The summed E-state index contributed by atoms with van der Waals surface area (Å²) in [4.78, 5) is 0. The molecule has 1 aliphatic heterocycles. The topological polar surface area (TPSA) is 38.7 Å². The van der Waals surface area contributed by atoms with Crippen LogP contribution < -0.4 is 9.47 Å². The van der Waals surface area contributed by atoms with Gasteiger partial charge in [-0.3, -0.25) is 0 Å². The van der Waals surface area contributed by atoms with Gasteiger partial charge < -0.3 is 19.1 Å². The first-order chi connectivity index (χ1) is 13.8. The van der Waals surface area contributed by atoms with Gasteiger partial charge in [-0.2, -0.15) is 0 Å². The van der Waals surface area contributed by atoms with Gasteiger partial charge in [-0.15, -0.1) is 0 Å². The molecule has 3 rings (SSSR count). The molecule has 2 aromatic carbocycles. The van der Waals surface area contributed by atoms with Crippen molar-refractivity contribution in [3.05, 3.63) is 59.7 Å². The molecule has 0 spiro atoms. The second kappa shape index (κ2) is 9.19. The maximum Gasteiger partial charge on any atom is 0.137 e. The molecular weight excluding hydrogens is 362 g/mol. The fourth-order valence-corrected chi connectivity index (χ4v) is 4.42. The molecule has 1 atom stereocenters. The standard InChI is InChI=1S/C25H36NO3/c1-25(2,3)23-16-22(28-4)12-13-24(23)29-19-21(27)18-26(14-8-9-15-26)17-20-10-6-5-7-11-20/h5-7,10-13,16,21,27H,8-9,14-15,17-19H2,1-4H3/q+1. The Kier molecular flexibility index (Phi) is 6.86. The molecule has 1 saturated heterocycles. The molecule has 0 aromatic heterocycles. The second-order valence-corrected chi connectivity index (χ2v) is 9.40. The first-order valence-electron chi connectivity index (χ1n) is 10.7. The lowest BCUT2D eigenvalue weighted by molar-refractivity contribution is -0.932. The molecular formula is C25H36NO3+. The normalized spacial score (nSPS) is 17.1. The number of rotatable bonds is 8. The molecule has 158 valence electrons. The van der Waals surface area contributed by atoms with Gasteiger partial charge in [0.15, 0.2) is 0 Å². The Morgan fingerprint density at radius 3 is 2.34 bits per heavy atom. The number of hydrogen-bond donors (Lipinski definition) is 1. The Bertz CT molecular complexity index is 776. The summed E-state index contributed by atoms with van der Waals surface area (Å²) < 4.78 is 12.4. The summed E-state index contributed by atoms with van der Waals surface area (Å²) in [6.45, 7) is 10.8. The lowest BCUT2D eigenvalue weighted by atomic mass is 9.86. The minimum absolute atomic E-state index is 0.0646. The molecule has 4 nitrogen and oxygen atoms in total. The highest BCUT2D eigenvalue weighted by molar-refractivity contribution is 5.44. The van der Waals surface area contributed by atoms with Gasteiger partial charge in [0.1, 0.15) is 37.3 Å². The Balaban J connectivity index is 1.66. The van der Waals surface area contributed by atoms with Crippen LogP contribution in [-0.4, -0.2) is 49.0 Å². The van der Waals surface area contributed by atoms with Gasteiger partial charge in [-0.25, -0.2) is 0 Å². The van der Waals surface area contributed by atoms with Crippen molar-refractivity contribution >= 4 is 0 Å². The SMILES string of the molecule is COc1ccc(OCC(O)C[N+]2(Cc3ccccc3)CCCC2)c(C(C)(C)C)c1. The number of hydrogen-bond acceptors (Lipinski definition) is 3. The zero-order valence-electron chi connectivity index (χ0n) is 18.4. The van der Waals surface area contributed by atoms with E-state index in [1.54, 1.807) is 7.11 Å². The van der Waals surface area contributed by atoms with Crippen molar-refractivity contribution in [2.75, 3.05) is 33.4 Å². The minimum Gasteiger partial charge on any atom is -0.497 e. The highest BCUT2D eigenvalue weighted by atomic mass is 16.5. The van der Waals surface area contributed by atoms with E-state index >= 15 is 0 Å². The second-order valence-electron chi connectivity index (χ2n) is 9.40. The summed E-state index contributed by atoms with van der Waals surface area (Å²) >= 11 is 0. The number of aliphatic hydroxyl groups excluding tert-OH is 1.